The van der Waals surface area contributed by atoms with Gasteiger partial charge < -0.3 is 29.9 Å². The maximum absolute atomic E-state index is 12.3. The molecule has 0 unspecified atom stereocenters. The Kier molecular flexibility index (Phi) is 6.91. The number of piperazine rings is 1. The first-order valence-electron chi connectivity index (χ1n) is 9.55. The summed E-state index contributed by atoms with van der Waals surface area (Å²) in [4.78, 5) is 40.0. The molecule has 0 aromatic carbocycles. The number of carbonyl (C=O) groups excluding carboxylic acids is 3. The summed E-state index contributed by atoms with van der Waals surface area (Å²) in [5.41, 5.74) is -1.17. The minimum atomic E-state index is -0.613. The van der Waals surface area contributed by atoms with E-state index in [0.29, 0.717) is 45.6 Å². The van der Waals surface area contributed by atoms with Gasteiger partial charge >= 0.3 is 12.2 Å². The summed E-state index contributed by atoms with van der Waals surface area (Å²) in [5, 5.41) is 6.00. The lowest BCUT2D eigenvalue weighted by Gasteiger charge is -2.45. The summed E-state index contributed by atoms with van der Waals surface area (Å²) in [5.74, 6) is 0.0147. The van der Waals surface area contributed by atoms with E-state index >= 15 is 0 Å². The van der Waals surface area contributed by atoms with Crippen LogP contribution in [0, 0.1) is 0 Å². The van der Waals surface area contributed by atoms with Gasteiger partial charge in [0.15, 0.2) is 0 Å². The van der Waals surface area contributed by atoms with Crippen LogP contribution in [0.5, 0.6) is 0 Å². The van der Waals surface area contributed by atoms with Crippen molar-refractivity contribution in [2.75, 3.05) is 45.9 Å². The van der Waals surface area contributed by atoms with E-state index < -0.39 is 17.2 Å². The van der Waals surface area contributed by atoms with E-state index in [9.17, 15) is 14.4 Å². The number of likely N-dealkylation sites (tertiary alicyclic amines) is 1. The van der Waals surface area contributed by atoms with Crippen LogP contribution in [0.2, 0.25) is 0 Å². The quantitative estimate of drug-likeness (QED) is 0.748. The summed E-state index contributed by atoms with van der Waals surface area (Å²) in [6, 6.07) is 0. The third-order valence-electron chi connectivity index (χ3n) is 4.70. The van der Waals surface area contributed by atoms with Crippen LogP contribution in [0.25, 0.3) is 0 Å². The number of nitrogens with zero attached hydrogens (tertiary/aromatic N) is 2. The van der Waals surface area contributed by atoms with Crippen molar-refractivity contribution in [3.63, 3.8) is 0 Å². The number of amides is 3. The molecule has 0 aromatic heterocycles. The number of hydrogen-bond acceptors (Lipinski definition) is 6. The Morgan fingerprint density at radius 1 is 1.22 bits per heavy atom. The summed E-state index contributed by atoms with van der Waals surface area (Å²) >= 11 is 0. The Morgan fingerprint density at radius 3 is 2.44 bits per heavy atom. The molecule has 0 spiro atoms. The average molecular weight is 384 g/mol. The molecule has 9 heteroatoms. The van der Waals surface area contributed by atoms with Crippen molar-refractivity contribution in [3.05, 3.63) is 0 Å². The van der Waals surface area contributed by atoms with Crippen LogP contribution in [0.3, 0.4) is 0 Å². The van der Waals surface area contributed by atoms with Crippen LogP contribution in [0.15, 0.2) is 0 Å². The van der Waals surface area contributed by atoms with Crippen molar-refractivity contribution in [2.24, 2.45) is 0 Å². The summed E-state index contributed by atoms with van der Waals surface area (Å²) < 4.78 is 10.5. The summed E-state index contributed by atoms with van der Waals surface area (Å²) in [6.45, 7) is 10.4. The molecule has 9 nitrogen and oxygen atoms in total. The number of carbonyl (C=O) groups is 3. The minimum Gasteiger partial charge on any atom is -0.450 e. The molecular weight excluding hydrogens is 352 g/mol. The number of alkyl carbamates (subject to hydrolysis) is 1. The highest BCUT2D eigenvalue weighted by Crippen LogP contribution is 2.26. The Morgan fingerprint density at radius 2 is 1.89 bits per heavy atom. The molecule has 2 aliphatic rings. The lowest BCUT2D eigenvalue weighted by Crippen LogP contribution is -2.63. The molecule has 0 bridgehead atoms. The molecule has 0 aromatic rings. The first-order chi connectivity index (χ1) is 12.6. The molecule has 2 aliphatic heterocycles. The highest BCUT2D eigenvalue weighted by atomic mass is 16.6. The SMILES string of the molecule is CCOC(=O)NC1(CN2CCNCC2=O)CCN(C(=O)OC(C)(C)C)CC1. The lowest BCUT2D eigenvalue weighted by molar-refractivity contribution is -0.133. The first kappa shape index (κ1) is 21.3. The maximum atomic E-state index is 12.3. The number of rotatable bonds is 4. The fourth-order valence-corrected chi connectivity index (χ4v) is 3.33. The van der Waals surface area contributed by atoms with Gasteiger partial charge in [0.2, 0.25) is 5.91 Å². The molecule has 27 heavy (non-hydrogen) atoms. The molecule has 2 fully saturated rings. The summed E-state index contributed by atoms with van der Waals surface area (Å²) in [6.07, 6.45) is 0.209. The van der Waals surface area contributed by atoms with Gasteiger partial charge in [0, 0.05) is 32.7 Å². The third-order valence-corrected chi connectivity index (χ3v) is 4.70. The van der Waals surface area contributed by atoms with E-state index in [-0.39, 0.29) is 18.6 Å². The molecule has 3 amide bonds. The highest BCUT2D eigenvalue weighted by Gasteiger charge is 2.41. The van der Waals surface area contributed by atoms with Crippen molar-refractivity contribution in [1.29, 1.82) is 0 Å². The van der Waals surface area contributed by atoms with Crippen molar-refractivity contribution in [1.82, 2.24) is 20.4 Å². The Balaban J connectivity index is 2.04. The second-order valence-corrected chi connectivity index (χ2v) is 8.09. The van der Waals surface area contributed by atoms with Gasteiger partial charge in [-0.25, -0.2) is 9.59 Å². The van der Waals surface area contributed by atoms with Gasteiger partial charge in [-0.3, -0.25) is 4.79 Å². The maximum Gasteiger partial charge on any atom is 0.410 e. The van der Waals surface area contributed by atoms with Crippen LogP contribution >= 0.6 is 0 Å². The molecule has 0 radical (unpaired) electrons. The van der Waals surface area contributed by atoms with Crippen LogP contribution in [0.1, 0.15) is 40.5 Å². The predicted molar refractivity (Wildman–Crippen MR) is 99.4 cm³/mol. The zero-order chi connectivity index (χ0) is 20.1. The van der Waals surface area contributed by atoms with Gasteiger partial charge in [-0.2, -0.15) is 0 Å². The van der Waals surface area contributed by atoms with E-state index in [1.54, 1.807) is 16.7 Å². The minimum absolute atomic E-state index is 0.0147. The smallest absolute Gasteiger partial charge is 0.410 e. The molecule has 0 atom stereocenters. The molecule has 154 valence electrons. The second-order valence-electron chi connectivity index (χ2n) is 8.09. The summed E-state index contributed by atoms with van der Waals surface area (Å²) in [7, 11) is 0. The van der Waals surface area contributed by atoms with E-state index in [1.165, 1.54) is 0 Å². The highest BCUT2D eigenvalue weighted by molar-refractivity contribution is 5.79. The average Bonchev–Trinajstić information content (AvgIpc) is 2.56. The van der Waals surface area contributed by atoms with Gasteiger partial charge in [-0.15, -0.1) is 0 Å². The molecule has 0 saturated carbocycles. The van der Waals surface area contributed by atoms with Crippen LogP contribution < -0.4 is 10.6 Å². The number of ether oxygens (including phenoxy) is 2. The van der Waals surface area contributed by atoms with Gasteiger partial charge in [0.05, 0.1) is 18.7 Å². The molecule has 2 rings (SSSR count). The molecule has 0 aliphatic carbocycles. The van der Waals surface area contributed by atoms with E-state index in [0.717, 1.165) is 6.54 Å². The topological polar surface area (TPSA) is 100 Å². The Hall–Kier alpha value is -2.03. The standard InChI is InChI=1S/C18H32N4O5/c1-5-26-15(24)20-18(13-22-11-8-19-12-14(22)23)6-9-21(10-7-18)16(25)27-17(2,3)4/h19H,5-13H2,1-4H3,(H,20,24). The van der Waals surface area contributed by atoms with E-state index in [2.05, 4.69) is 10.6 Å². The fourth-order valence-electron chi connectivity index (χ4n) is 3.33. The normalized spacial score (nSPS) is 20.2. The molecule has 2 N–H and O–H groups in total. The molecule has 2 saturated heterocycles. The van der Waals surface area contributed by atoms with Gasteiger partial charge in [0.25, 0.3) is 0 Å². The largest absolute Gasteiger partial charge is 0.450 e. The monoisotopic (exact) mass is 384 g/mol. The Bertz CT molecular complexity index is 552. The zero-order valence-electron chi connectivity index (χ0n) is 16.8. The zero-order valence-corrected chi connectivity index (χ0v) is 16.8. The predicted octanol–water partition coefficient (Wildman–Crippen LogP) is 0.934. The lowest BCUT2D eigenvalue weighted by atomic mass is 9.86. The van der Waals surface area contributed by atoms with Gasteiger partial charge in [0.1, 0.15) is 5.60 Å². The van der Waals surface area contributed by atoms with E-state index in [1.807, 2.05) is 20.8 Å². The van der Waals surface area contributed by atoms with Crippen molar-refractivity contribution < 1.29 is 23.9 Å². The number of piperidine rings is 1. The third kappa shape index (κ3) is 6.27. The second kappa shape index (κ2) is 8.77. The van der Waals surface area contributed by atoms with Gasteiger partial charge in [-0.05, 0) is 40.5 Å². The van der Waals surface area contributed by atoms with Crippen molar-refractivity contribution >= 4 is 18.1 Å². The molecule has 2 heterocycles. The number of nitrogens with one attached hydrogen (secondary N) is 2. The fraction of sp³-hybridized carbons (Fsp3) is 0.833. The van der Waals surface area contributed by atoms with Gasteiger partial charge in [-0.1, -0.05) is 0 Å². The Labute approximate surface area is 160 Å². The van der Waals surface area contributed by atoms with Crippen molar-refractivity contribution in [2.45, 2.75) is 51.7 Å². The van der Waals surface area contributed by atoms with Crippen molar-refractivity contribution in [3.8, 4) is 0 Å². The van der Waals surface area contributed by atoms with Crippen LogP contribution in [0.4, 0.5) is 9.59 Å². The molecular formula is C18H32N4O5. The van der Waals surface area contributed by atoms with Crippen LogP contribution in [-0.2, 0) is 14.3 Å². The first-order valence-corrected chi connectivity index (χ1v) is 9.55. The van der Waals surface area contributed by atoms with E-state index in [4.69, 9.17) is 9.47 Å². The number of hydrogen-bond donors (Lipinski definition) is 2. The van der Waals surface area contributed by atoms with Crippen LogP contribution in [-0.4, -0.2) is 84.9 Å².